The van der Waals surface area contributed by atoms with Gasteiger partial charge in [-0.2, -0.15) is 0 Å². The molecule has 1 aromatic carbocycles. The zero-order chi connectivity index (χ0) is 13.3. The summed E-state index contributed by atoms with van der Waals surface area (Å²) in [5.74, 6) is 0.970. The molecule has 1 aromatic heterocycles. The minimum Gasteiger partial charge on any atom is -0.493 e. The first-order chi connectivity index (χ1) is 9.22. The van der Waals surface area contributed by atoms with Crippen LogP contribution in [0.1, 0.15) is 30.8 Å². The molecule has 0 aliphatic carbocycles. The summed E-state index contributed by atoms with van der Waals surface area (Å²) in [6, 6.07) is 8.66. The average Bonchev–Trinajstić information content (AvgIpc) is 2.93. The van der Waals surface area contributed by atoms with E-state index in [9.17, 15) is 0 Å². The number of ether oxygens (including phenoxy) is 1. The Morgan fingerprint density at radius 1 is 1.37 bits per heavy atom. The molecule has 0 amide bonds. The van der Waals surface area contributed by atoms with Gasteiger partial charge in [-0.1, -0.05) is 18.2 Å². The summed E-state index contributed by atoms with van der Waals surface area (Å²) in [6.07, 6.45) is 2.79. The fourth-order valence-electron chi connectivity index (χ4n) is 2.75. The molecule has 0 fully saturated rings. The molecular formula is C15H18N2OS. The lowest BCUT2D eigenvalue weighted by Gasteiger charge is -2.39. The van der Waals surface area contributed by atoms with Crippen molar-refractivity contribution >= 4 is 11.3 Å². The van der Waals surface area contributed by atoms with Crippen LogP contribution >= 0.6 is 11.3 Å². The van der Waals surface area contributed by atoms with Crippen LogP contribution in [0.15, 0.2) is 35.8 Å². The topological polar surface area (TPSA) is 34.2 Å². The van der Waals surface area contributed by atoms with Gasteiger partial charge in [-0.25, -0.2) is 4.98 Å². The molecule has 0 saturated carbocycles. The fourth-order valence-corrected chi connectivity index (χ4v) is 3.60. The molecule has 0 bridgehead atoms. The highest BCUT2D eigenvalue weighted by molar-refractivity contribution is 7.09. The zero-order valence-electron chi connectivity index (χ0n) is 11.2. The first-order valence-electron chi connectivity index (χ1n) is 6.62. The Kier molecular flexibility index (Phi) is 3.29. The van der Waals surface area contributed by atoms with Crippen molar-refractivity contribution in [2.45, 2.75) is 31.8 Å². The quantitative estimate of drug-likeness (QED) is 0.933. The predicted octanol–water partition coefficient (Wildman–Crippen LogP) is 3.17. The SMILES string of the molecule is CC(C)NC1(c2nccs2)CCOc2ccccc21. The number of hydrogen-bond acceptors (Lipinski definition) is 4. The lowest BCUT2D eigenvalue weighted by molar-refractivity contribution is 0.202. The summed E-state index contributed by atoms with van der Waals surface area (Å²) in [4.78, 5) is 4.56. The smallest absolute Gasteiger partial charge is 0.124 e. The summed E-state index contributed by atoms with van der Waals surface area (Å²) < 4.78 is 5.80. The van der Waals surface area contributed by atoms with E-state index in [1.807, 2.05) is 23.7 Å². The number of hydrogen-bond donors (Lipinski definition) is 1. The number of para-hydroxylation sites is 1. The molecule has 100 valence electrons. The molecule has 2 heterocycles. The van der Waals surface area contributed by atoms with Crippen LogP contribution in [0.5, 0.6) is 5.75 Å². The Morgan fingerprint density at radius 3 is 2.95 bits per heavy atom. The molecule has 0 spiro atoms. The van der Waals surface area contributed by atoms with Crippen molar-refractivity contribution in [2.75, 3.05) is 6.61 Å². The maximum Gasteiger partial charge on any atom is 0.124 e. The highest BCUT2D eigenvalue weighted by Crippen LogP contribution is 2.42. The van der Waals surface area contributed by atoms with Crippen molar-refractivity contribution in [1.29, 1.82) is 0 Å². The third kappa shape index (κ3) is 2.15. The van der Waals surface area contributed by atoms with Gasteiger partial charge in [-0.05, 0) is 19.9 Å². The Bertz CT molecular complexity index is 553. The summed E-state index contributed by atoms with van der Waals surface area (Å²) in [5.41, 5.74) is 0.988. The molecule has 0 saturated heterocycles. The standard InChI is InChI=1S/C15H18N2OS/c1-11(2)17-15(14-16-8-10-19-14)7-9-18-13-6-4-3-5-12(13)15/h3-6,8,10-11,17H,7,9H2,1-2H3. The molecular weight excluding hydrogens is 256 g/mol. The van der Waals surface area contributed by atoms with Gasteiger partial charge in [0.25, 0.3) is 0 Å². The number of rotatable bonds is 3. The van der Waals surface area contributed by atoms with E-state index in [1.165, 1.54) is 5.56 Å². The Hall–Kier alpha value is -1.39. The van der Waals surface area contributed by atoms with Gasteiger partial charge in [-0.3, -0.25) is 5.32 Å². The van der Waals surface area contributed by atoms with Crippen molar-refractivity contribution < 1.29 is 4.74 Å². The fraction of sp³-hybridized carbons (Fsp3) is 0.400. The highest BCUT2D eigenvalue weighted by Gasteiger charge is 2.41. The summed E-state index contributed by atoms with van der Waals surface area (Å²) in [5, 5.41) is 6.88. The molecule has 19 heavy (non-hydrogen) atoms. The van der Waals surface area contributed by atoms with E-state index in [2.05, 4.69) is 36.3 Å². The molecule has 1 unspecified atom stereocenters. The lowest BCUT2D eigenvalue weighted by atomic mass is 9.84. The van der Waals surface area contributed by atoms with Gasteiger partial charge in [-0.15, -0.1) is 11.3 Å². The molecule has 3 rings (SSSR count). The first-order valence-corrected chi connectivity index (χ1v) is 7.50. The number of nitrogens with zero attached hydrogens (tertiary/aromatic N) is 1. The van der Waals surface area contributed by atoms with Gasteiger partial charge in [0, 0.05) is 29.6 Å². The second-order valence-corrected chi connectivity index (χ2v) is 6.03. The van der Waals surface area contributed by atoms with E-state index in [-0.39, 0.29) is 5.54 Å². The maximum absolute atomic E-state index is 5.80. The number of thiazole rings is 1. The average molecular weight is 274 g/mol. The second kappa shape index (κ2) is 4.94. The summed E-state index contributed by atoms with van der Waals surface area (Å²) in [7, 11) is 0. The van der Waals surface area contributed by atoms with Gasteiger partial charge < -0.3 is 4.74 Å². The minimum absolute atomic E-state index is 0.211. The molecule has 1 aliphatic heterocycles. The van der Waals surface area contributed by atoms with Crippen LogP contribution in [0.2, 0.25) is 0 Å². The van der Waals surface area contributed by atoms with Crippen molar-refractivity contribution in [1.82, 2.24) is 10.3 Å². The maximum atomic E-state index is 5.80. The van der Waals surface area contributed by atoms with Crippen LogP contribution < -0.4 is 10.1 Å². The van der Waals surface area contributed by atoms with Crippen LogP contribution in [-0.2, 0) is 5.54 Å². The Balaban J connectivity index is 2.16. The second-order valence-electron chi connectivity index (χ2n) is 5.14. The van der Waals surface area contributed by atoms with Crippen molar-refractivity contribution in [3.63, 3.8) is 0 Å². The van der Waals surface area contributed by atoms with Gasteiger partial charge in [0.05, 0.1) is 6.61 Å². The minimum atomic E-state index is -0.211. The molecule has 4 heteroatoms. The van der Waals surface area contributed by atoms with Crippen molar-refractivity contribution in [3.05, 3.63) is 46.4 Å². The van der Waals surface area contributed by atoms with E-state index in [0.717, 1.165) is 23.8 Å². The molecule has 3 nitrogen and oxygen atoms in total. The van der Waals surface area contributed by atoms with E-state index in [0.29, 0.717) is 6.04 Å². The number of aromatic nitrogens is 1. The summed E-state index contributed by atoms with van der Waals surface area (Å²) in [6.45, 7) is 5.07. The van der Waals surface area contributed by atoms with Gasteiger partial charge in [0.2, 0.25) is 0 Å². The first kappa shape index (κ1) is 12.6. The van der Waals surface area contributed by atoms with Crippen LogP contribution in [-0.4, -0.2) is 17.6 Å². The third-order valence-electron chi connectivity index (χ3n) is 3.41. The van der Waals surface area contributed by atoms with Crippen LogP contribution in [0.3, 0.4) is 0 Å². The van der Waals surface area contributed by atoms with Crippen molar-refractivity contribution in [2.24, 2.45) is 0 Å². The van der Waals surface area contributed by atoms with E-state index in [1.54, 1.807) is 11.3 Å². The van der Waals surface area contributed by atoms with Crippen LogP contribution in [0, 0.1) is 0 Å². The zero-order valence-corrected chi connectivity index (χ0v) is 12.0. The predicted molar refractivity (Wildman–Crippen MR) is 77.7 cm³/mol. The normalized spacial score (nSPS) is 22.1. The molecule has 1 atom stereocenters. The Morgan fingerprint density at radius 2 is 2.21 bits per heavy atom. The lowest BCUT2D eigenvalue weighted by Crippen LogP contribution is -2.49. The number of benzene rings is 1. The number of nitrogens with one attached hydrogen (secondary N) is 1. The van der Waals surface area contributed by atoms with Gasteiger partial charge in [0.1, 0.15) is 16.3 Å². The van der Waals surface area contributed by atoms with E-state index >= 15 is 0 Å². The number of fused-ring (bicyclic) bond motifs is 1. The van der Waals surface area contributed by atoms with Gasteiger partial charge >= 0.3 is 0 Å². The molecule has 1 aliphatic rings. The van der Waals surface area contributed by atoms with Crippen molar-refractivity contribution in [3.8, 4) is 5.75 Å². The molecule has 0 radical (unpaired) electrons. The molecule has 1 N–H and O–H groups in total. The Labute approximate surface area is 117 Å². The highest BCUT2D eigenvalue weighted by atomic mass is 32.1. The monoisotopic (exact) mass is 274 g/mol. The molecule has 2 aromatic rings. The largest absolute Gasteiger partial charge is 0.493 e. The van der Waals surface area contributed by atoms with Gasteiger partial charge in [0.15, 0.2) is 0 Å². The van der Waals surface area contributed by atoms with Crippen LogP contribution in [0.25, 0.3) is 0 Å². The van der Waals surface area contributed by atoms with Crippen LogP contribution in [0.4, 0.5) is 0 Å². The summed E-state index contributed by atoms with van der Waals surface area (Å²) >= 11 is 1.70. The third-order valence-corrected chi connectivity index (χ3v) is 4.35. The van der Waals surface area contributed by atoms with E-state index in [4.69, 9.17) is 4.74 Å². The van der Waals surface area contributed by atoms with E-state index < -0.39 is 0 Å².